The van der Waals surface area contributed by atoms with E-state index in [1.54, 1.807) is 24.0 Å². The van der Waals surface area contributed by atoms with Gasteiger partial charge in [-0.1, -0.05) is 46.8 Å². The van der Waals surface area contributed by atoms with Gasteiger partial charge in [-0.2, -0.15) is 0 Å². The summed E-state index contributed by atoms with van der Waals surface area (Å²) in [6, 6.07) is 6.87. The first-order chi connectivity index (χ1) is 14.0. The van der Waals surface area contributed by atoms with Crippen molar-refractivity contribution in [3.63, 3.8) is 0 Å². The molecular weight excluding hydrogens is 380 g/mol. The Kier molecular flexibility index (Phi) is 8.04. The van der Waals surface area contributed by atoms with Gasteiger partial charge in [-0.15, -0.1) is 0 Å². The van der Waals surface area contributed by atoms with Gasteiger partial charge in [0.1, 0.15) is 6.04 Å². The summed E-state index contributed by atoms with van der Waals surface area (Å²) in [6.45, 7) is 13.2. The third kappa shape index (κ3) is 6.07. The number of nitrogens with zero attached hydrogens (tertiary/aromatic N) is 1. The van der Waals surface area contributed by atoms with Crippen LogP contribution >= 0.6 is 0 Å². The van der Waals surface area contributed by atoms with Crippen LogP contribution in [0.1, 0.15) is 70.3 Å². The molecule has 1 saturated heterocycles. The maximum absolute atomic E-state index is 13.2. The Balaban J connectivity index is 2.08. The SMILES string of the molecule is CCOC(=O)C1CCCN(C(=O)C(NC(=O)c2ccc(C(C)(C)C)cc2)C(C)C)C1. The van der Waals surface area contributed by atoms with Crippen LogP contribution in [0, 0.1) is 11.8 Å². The quantitative estimate of drug-likeness (QED) is 0.720. The van der Waals surface area contributed by atoms with Crippen LogP contribution in [-0.2, 0) is 19.7 Å². The number of ether oxygens (including phenoxy) is 1. The Morgan fingerprint density at radius 2 is 1.80 bits per heavy atom. The molecule has 0 aliphatic carbocycles. The highest BCUT2D eigenvalue weighted by Crippen LogP contribution is 2.23. The van der Waals surface area contributed by atoms with E-state index in [0.717, 1.165) is 18.4 Å². The summed E-state index contributed by atoms with van der Waals surface area (Å²) in [4.78, 5) is 39.8. The normalized spacial score (nSPS) is 18.1. The molecule has 0 saturated carbocycles. The second-order valence-electron chi connectivity index (χ2n) is 9.40. The molecule has 1 aliphatic rings. The van der Waals surface area contributed by atoms with Crippen molar-refractivity contribution >= 4 is 17.8 Å². The van der Waals surface area contributed by atoms with Gasteiger partial charge >= 0.3 is 5.97 Å². The van der Waals surface area contributed by atoms with Gasteiger partial charge in [0.2, 0.25) is 5.91 Å². The molecule has 2 rings (SSSR count). The van der Waals surface area contributed by atoms with Crippen molar-refractivity contribution in [1.82, 2.24) is 10.2 Å². The van der Waals surface area contributed by atoms with E-state index in [1.165, 1.54) is 0 Å². The van der Waals surface area contributed by atoms with E-state index >= 15 is 0 Å². The minimum absolute atomic E-state index is 0.00909. The topological polar surface area (TPSA) is 75.7 Å². The summed E-state index contributed by atoms with van der Waals surface area (Å²) < 4.78 is 5.13. The highest BCUT2D eigenvalue weighted by molar-refractivity contribution is 5.97. The van der Waals surface area contributed by atoms with Crippen molar-refractivity contribution in [2.24, 2.45) is 11.8 Å². The predicted molar refractivity (Wildman–Crippen MR) is 117 cm³/mol. The third-order valence-electron chi connectivity index (χ3n) is 5.59. The van der Waals surface area contributed by atoms with Gasteiger partial charge < -0.3 is 15.0 Å². The summed E-state index contributed by atoms with van der Waals surface area (Å²) >= 11 is 0. The monoisotopic (exact) mass is 416 g/mol. The number of esters is 1. The van der Waals surface area contributed by atoms with E-state index in [4.69, 9.17) is 4.74 Å². The van der Waals surface area contributed by atoms with Gasteiger partial charge in [0.15, 0.2) is 0 Å². The standard InChI is InChI=1S/C24H36N2O4/c1-7-30-23(29)18-9-8-14-26(15-18)22(28)20(16(2)3)25-21(27)17-10-12-19(13-11-17)24(4,5)6/h10-13,16,18,20H,7-9,14-15H2,1-6H3,(H,25,27). The maximum Gasteiger partial charge on any atom is 0.310 e. The number of rotatable bonds is 6. The van der Waals surface area contributed by atoms with E-state index in [0.29, 0.717) is 25.3 Å². The van der Waals surface area contributed by atoms with Gasteiger partial charge in [-0.25, -0.2) is 0 Å². The van der Waals surface area contributed by atoms with E-state index in [9.17, 15) is 14.4 Å². The van der Waals surface area contributed by atoms with Crippen molar-refractivity contribution in [1.29, 1.82) is 0 Å². The lowest BCUT2D eigenvalue weighted by Crippen LogP contribution is -2.54. The molecule has 1 aromatic carbocycles. The smallest absolute Gasteiger partial charge is 0.310 e. The number of carbonyl (C=O) groups excluding carboxylic acids is 3. The number of carbonyl (C=O) groups is 3. The van der Waals surface area contributed by atoms with Gasteiger partial charge in [-0.3, -0.25) is 14.4 Å². The molecule has 1 heterocycles. The first kappa shape index (κ1) is 23.9. The second-order valence-corrected chi connectivity index (χ2v) is 9.40. The average molecular weight is 417 g/mol. The number of likely N-dealkylation sites (tertiary alicyclic amines) is 1. The van der Waals surface area contributed by atoms with Crippen LogP contribution < -0.4 is 5.32 Å². The van der Waals surface area contributed by atoms with Crippen LogP contribution in [0.4, 0.5) is 0 Å². The average Bonchev–Trinajstić information content (AvgIpc) is 2.71. The van der Waals surface area contributed by atoms with Gasteiger partial charge in [0.25, 0.3) is 5.91 Å². The van der Waals surface area contributed by atoms with Gasteiger partial charge in [-0.05, 0) is 48.8 Å². The zero-order chi connectivity index (χ0) is 22.5. The van der Waals surface area contributed by atoms with Crippen molar-refractivity contribution in [2.45, 2.75) is 65.8 Å². The van der Waals surface area contributed by atoms with Crippen LogP contribution in [-0.4, -0.2) is 48.4 Å². The summed E-state index contributed by atoms with van der Waals surface area (Å²) in [5.41, 5.74) is 1.69. The van der Waals surface area contributed by atoms with Crippen LogP contribution in [0.2, 0.25) is 0 Å². The number of amides is 2. The Morgan fingerprint density at radius 1 is 1.17 bits per heavy atom. The maximum atomic E-state index is 13.2. The summed E-state index contributed by atoms with van der Waals surface area (Å²) in [7, 11) is 0. The van der Waals surface area contributed by atoms with Gasteiger partial charge in [0, 0.05) is 18.7 Å². The minimum Gasteiger partial charge on any atom is -0.466 e. The van der Waals surface area contributed by atoms with Crippen molar-refractivity contribution in [2.75, 3.05) is 19.7 Å². The zero-order valence-corrected chi connectivity index (χ0v) is 19.2. The number of benzene rings is 1. The molecule has 0 aromatic heterocycles. The fourth-order valence-electron chi connectivity index (χ4n) is 3.69. The first-order valence-corrected chi connectivity index (χ1v) is 10.9. The molecule has 2 atom stereocenters. The Bertz CT molecular complexity index is 749. The second kappa shape index (κ2) is 10.1. The molecule has 1 N–H and O–H groups in total. The highest BCUT2D eigenvalue weighted by Gasteiger charge is 2.34. The fourth-order valence-corrected chi connectivity index (χ4v) is 3.69. The first-order valence-electron chi connectivity index (χ1n) is 10.9. The van der Waals surface area contributed by atoms with Crippen LogP contribution in [0.25, 0.3) is 0 Å². The van der Waals surface area contributed by atoms with Crippen LogP contribution in [0.5, 0.6) is 0 Å². The molecular formula is C24H36N2O4. The molecule has 166 valence electrons. The summed E-state index contributed by atoms with van der Waals surface area (Å²) in [5, 5.41) is 2.91. The lowest BCUT2D eigenvalue weighted by molar-refractivity contribution is -0.151. The lowest BCUT2D eigenvalue weighted by atomic mass is 9.86. The molecule has 0 bridgehead atoms. The van der Waals surface area contributed by atoms with E-state index in [-0.39, 0.29) is 35.0 Å². The van der Waals surface area contributed by atoms with Crippen LogP contribution in [0.15, 0.2) is 24.3 Å². The van der Waals surface area contributed by atoms with E-state index in [2.05, 4.69) is 26.1 Å². The van der Waals surface area contributed by atoms with E-state index in [1.807, 2.05) is 26.0 Å². The number of nitrogens with one attached hydrogen (secondary N) is 1. The molecule has 1 aliphatic heterocycles. The number of hydrogen-bond donors (Lipinski definition) is 1. The molecule has 6 nitrogen and oxygen atoms in total. The largest absolute Gasteiger partial charge is 0.466 e. The molecule has 2 unspecified atom stereocenters. The Morgan fingerprint density at radius 3 is 2.33 bits per heavy atom. The third-order valence-corrected chi connectivity index (χ3v) is 5.59. The Hall–Kier alpha value is -2.37. The molecule has 0 radical (unpaired) electrons. The van der Waals surface area contributed by atoms with Gasteiger partial charge in [0.05, 0.1) is 12.5 Å². The van der Waals surface area contributed by atoms with Crippen molar-refractivity contribution in [3.05, 3.63) is 35.4 Å². The molecule has 2 amide bonds. The highest BCUT2D eigenvalue weighted by atomic mass is 16.5. The number of hydrogen-bond acceptors (Lipinski definition) is 4. The van der Waals surface area contributed by atoms with Crippen molar-refractivity contribution in [3.8, 4) is 0 Å². The molecule has 30 heavy (non-hydrogen) atoms. The molecule has 6 heteroatoms. The molecule has 1 fully saturated rings. The Labute approximate surface area is 180 Å². The van der Waals surface area contributed by atoms with E-state index < -0.39 is 6.04 Å². The molecule has 0 spiro atoms. The van der Waals surface area contributed by atoms with Crippen molar-refractivity contribution < 1.29 is 19.1 Å². The fraction of sp³-hybridized carbons (Fsp3) is 0.625. The predicted octanol–water partition coefficient (Wildman–Crippen LogP) is 3.54. The lowest BCUT2D eigenvalue weighted by Gasteiger charge is -2.35. The molecule has 1 aromatic rings. The number of piperidine rings is 1. The zero-order valence-electron chi connectivity index (χ0n) is 19.2. The minimum atomic E-state index is -0.638. The van der Waals surface area contributed by atoms with Crippen LogP contribution in [0.3, 0.4) is 0 Å². The summed E-state index contributed by atoms with van der Waals surface area (Å²) in [6.07, 6.45) is 1.48. The summed E-state index contributed by atoms with van der Waals surface area (Å²) in [5.74, 6) is -1.02.